The van der Waals surface area contributed by atoms with Gasteiger partial charge in [-0.15, -0.1) is 0 Å². The molecular formula is C17H25N3O. The van der Waals surface area contributed by atoms with Gasteiger partial charge in [0.05, 0.1) is 6.04 Å². The van der Waals surface area contributed by atoms with Gasteiger partial charge in [-0.1, -0.05) is 18.2 Å². The van der Waals surface area contributed by atoms with E-state index in [2.05, 4.69) is 36.0 Å². The fraction of sp³-hybridized carbons (Fsp3) is 0.529. The number of para-hydroxylation sites is 1. The van der Waals surface area contributed by atoms with Crippen molar-refractivity contribution in [3.63, 3.8) is 0 Å². The van der Waals surface area contributed by atoms with Gasteiger partial charge in [0, 0.05) is 18.0 Å². The van der Waals surface area contributed by atoms with Gasteiger partial charge in [-0.3, -0.25) is 0 Å². The lowest BCUT2D eigenvalue weighted by atomic mass is 10.0. The summed E-state index contributed by atoms with van der Waals surface area (Å²) in [6, 6.07) is 10.7. The van der Waals surface area contributed by atoms with Gasteiger partial charge in [-0.2, -0.15) is 0 Å². The van der Waals surface area contributed by atoms with E-state index < -0.39 is 0 Å². The zero-order chi connectivity index (χ0) is 14.8. The Balaban J connectivity index is 1.63. The molecule has 1 fully saturated rings. The number of furan rings is 1. The molecule has 0 radical (unpaired) electrons. The summed E-state index contributed by atoms with van der Waals surface area (Å²) in [4.78, 5) is 4.79. The third kappa shape index (κ3) is 3.28. The molecule has 2 aromatic rings. The van der Waals surface area contributed by atoms with Crippen LogP contribution < -0.4 is 5.73 Å². The highest BCUT2D eigenvalue weighted by atomic mass is 16.3. The Labute approximate surface area is 126 Å². The molecule has 0 saturated carbocycles. The molecule has 0 aliphatic carbocycles. The van der Waals surface area contributed by atoms with Crippen LogP contribution in [0.1, 0.15) is 24.6 Å². The molecular weight excluding hydrogens is 262 g/mol. The first-order valence-corrected chi connectivity index (χ1v) is 7.76. The predicted octanol–water partition coefficient (Wildman–Crippen LogP) is 2.46. The second-order valence-electron chi connectivity index (χ2n) is 6.27. The van der Waals surface area contributed by atoms with Crippen molar-refractivity contribution < 1.29 is 4.42 Å². The number of likely N-dealkylation sites (N-methyl/N-ethyl adjacent to an activating group) is 1. The van der Waals surface area contributed by atoms with Crippen molar-refractivity contribution in [2.45, 2.75) is 24.9 Å². The van der Waals surface area contributed by atoms with Crippen LogP contribution in [0.2, 0.25) is 0 Å². The lowest BCUT2D eigenvalue weighted by Gasteiger charge is -2.35. The molecule has 0 amide bonds. The third-order valence-electron chi connectivity index (χ3n) is 4.61. The summed E-state index contributed by atoms with van der Waals surface area (Å²) < 4.78 is 5.88. The molecule has 1 saturated heterocycles. The number of benzene rings is 1. The number of likely N-dealkylation sites (tertiary alicyclic amines) is 1. The molecule has 0 spiro atoms. The van der Waals surface area contributed by atoms with Crippen molar-refractivity contribution >= 4 is 11.0 Å². The van der Waals surface area contributed by atoms with Crippen LogP contribution in [0.15, 0.2) is 34.7 Å². The van der Waals surface area contributed by atoms with Crippen LogP contribution in [-0.2, 0) is 0 Å². The highest BCUT2D eigenvalue weighted by molar-refractivity contribution is 5.77. The Bertz CT molecular complexity index is 553. The number of hydrogen-bond acceptors (Lipinski definition) is 4. The van der Waals surface area contributed by atoms with Crippen LogP contribution in [0.5, 0.6) is 0 Å². The molecule has 1 aliphatic heterocycles. The molecule has 0 bridgehead atoms. The lowest BCUT2D eigenvalue weighted by Crippen LogP contribution is -2.44. The van der Waals surface area contributed by atoms with Gasteiger partial charge in [0.25, 0.3) is 0 Å². The molecule has 114 valence electrons. The number of fused-ring (bicyclic) bond motifs is 1. The maximum absolute atomic E-state index is 6.35. The molecule has 2 heterocycles. The van der Waals surface area contributed by atoms with Gasteiger partial charge in [-0.05, 0) is 52.2 Å². The second kappa shape index (κ2) is 6.18. The van der Waals surface area contributed by atoms with E-state index in [9.17, 15) is 0 Å². The molecule has 21 heavy (non-hydrogen) atoms. The maximum Gasteiger partial charge on any atom is 0.134 e. The smallest absolute Gasteiger partial charge is 0.134 e. The summed E-state index contributed by atoms with van der Waals surface area (Å²) in [5.74, 6) is 0.885. The monoisotopic (exact) mass is 287 g/mol. The van der Waals surface area contributed by atoms with Crippen molar-refractivity contribution in [2.24, 2.45) is 5.73 Å². The normalized spacial score (nSPS) is 19.4. The van der Waals surface area contributed by atoms with Gasteiger partial charge < -0.3 is 20.0 Å². The number of hydrogen-bond donors (Lipinski definition) is 1. The summed E-state index contributed by atoms with van der Waals surface area (Å²) in [5.41, 5.74) is 7.27. The van der Waals surface area contributed by atoms with Crippen LogP contribution in [0.3, 0.4) is 0 Å². The summed E-state index contributed by atoms with van der Waals surface area (Å²) in [6.07, 6.45) is 2.44. The summed E-state index contributed by atoms with van der Waals surface area (Å²) in [6.45, 7) is 3.19. The molecule has 4 heteroatoms. The standard InChI is InChI=1S/C17H25N3O/c1-19-9-7-14(8-10-19)20(2)12-15(18)17-11-13-5-3-4-6-16(13)21-17/h3-6,11,14-15H,7-10,12,18H2,1-2H3. The second-order valence-corrected chi connectivity index (χ2v) is 6.27. The third-order valence-corrected chi connectivity index (χ3v) is 4.61. The van der Waals surface area contributed by atoms with E-state index >= 15 is 0 Å². The van der Waals surface area contributed by atoms with Gasteiger partial charge in [0.15, 0.2) is 0 Å². The number of piperidine rings is 1. The fourth-order valence-electron chi connectivity index (χ4n) is 3.17. The largest absolute Gasteiger partial charge is 0.459 e. The highest BCUT2D eigenvalue weighted by Crippen LogP contribution is 2.24. The van der Waals surface area contributed by atoms with Gasteiger partial charge in [0.1, 0.15) is 11.3 Å². The molecule has 3 rings (SSSR count). The summed E-state index contributed by atoms with van der Waals surface area (Å²) >= 11 is 0. The van der Waals surface area contributed by atoms with E-state index in [4.69, 9.17) is 10.2 Å². The number of nitrogens with zero attached hydrogens (tertiary/aromatic N) is 2. The Morgan fingerprint density at radius 1 is 1.33 bits per heavy atom. The van der Waals surface area contributed by atoms with E-state index in [-0.39, 0.29) is 6.04 Å². The van der Waals surface area contributed by atoms with Crippen LogP contribution >= 0.6 is 0 Å². The van der Waals surface area contributed by atoms with E-state index in [1.165, 1.54) is 25.9 Å². The minimum Gasteiger partial charge on any atom is -0.459 e. The van der Waals surface area contributed by atoms with Crippen LogP contribution in [0, 0.1) is 0 Å². The quantitative estimate of drug-likeness (QED) is 0.938. The predicted molar refractivity (Wildman–Crippen MR) is 86.3 cm³/mol. The molecule has 1 atom stereocenters. The van der Waals surface area contributed by atoms with Crippen molar-refractivity contribution in [2.75, 3.05) is 33.7 Å². The maximum atomic E-state index is 6.35. The van der Waals surface area contributed by atoms with E-state index in [1.807, 2.05) is 18.2 Å². The van der Waals surface area contributed by atoms with Crippen LogP contribution in [-0.4, -0.2) is 49.6 Å². The molecule has 2 N–H and O–H groups in total. The van der Waals surface area contributed by atoms with Crippen LogP contribution in [0.25, 0.3) is 11.0 Å². The first-order chi connectivity index (χ1) is 10.1. The Kier molecular flexibility index (Phi) is 4.29. The topological polar surface area (TPSA) is 45.6 Å². The molecule has 1 aliphatic rings. The van der Waals surface area contributed by atoms with Crippen LogP contribution in [0.4, 0.5) is 0 Å². The van der Waals surface area contributed by atoms with E-state index in [1.54, 1.807) is 0 Å². The Hall–Kier alpha value is -1.36. The van der Waals surface area contributed by atoms with Crippen molar-refractivity contribution in [3.8, 4) is 0 Å². The summed E-state index contributed by atoms with van der Waals surface area (Å²) in [7, 11) is 4.37. The Morgan fingerprint density at radius 2 is 2.05 bits per heavy atom. The van der Waals surface area contributed by atoms with E-state index in [0.29, 0.717) is 6.04 Å². The molecule has 4 nitrogen and oxygen atoms in total. The minimum absolute atomic E-state index is 0.0675. The average Bonchev–Trinajstić information content (AvgIpc) is 2.92. The summed E-state index contributed by atoms with van der Waals surface area (Å²) in [5, 5.41) is 1.13. The lowest BCUT2D eigenvalue weighted by molar-refractivity contribution is 0.136. The van der Waals surface area contributed by atoms with Gasteiger partial charge in [0.2, 0.25) is 0 Å². The zero-order valence-corrected chi connectivity index (χ0v) is 13.0. The minimum atomic E-state index is -0.0675. The molecule has 1 aromatic heterocycles. The average molecular weight is 287 g/mol. The van der Waals surface area contributed by atoms with Gasteiger partial charge in [-0.25, -0.2) is 0 Å². The first-order valence-electron chi connectivity index (χ1n) is 7.76. The fourth-order valence-corrected chi connectivity index (χ4v) is 3.17. The first kappa shape index (κ1) is 14.6. The SMILES string of the molecule is CN1CCC(N(C)CC(N)c2cc3ccccc3o2)CC1. The zero-order valence-electron chi connectivity index (χ0n) is 13.0. The highest BCUT2D eigenvalue weighted by Gasteiger charge is 2.23. The van der Waals surface area contributed by atoms with Crippen molar-refractivity contribution in [1.82, 2.24) is 9.80 Å². The Morgan fingerprint density at radius 3 is 2.76 bits per heavy atom. The van der Waals surface area contributed by atoms with Crippen molar-refractivity contribution in [1.29, 1.82) is 0 Å². The van der Waals surface area contributed by atoms with E-state index in [0.717, 1.165) is 23.3 Å². The molecule has 1 aromatic carbocycles. The number of rotatable bonds is 4. The van der Waals surface area contributed by atoms with Crippen molar-refractivity contribution in [3.05, 3.63) is 36.1 Å². The van der Waals surface area contributed by atoms with Gasteiger partial charge >= 0.3 is 0 Å². The number of nitrogens with two attached hydrogens (primary N) is 1. The molecule has 1 unspecified atom stereocenters.